The molecule has 0 aromatic heterocycles. The fourth-order valence-electron chi connectivity index (χ4n) is 5.66. The van der Waals surface area contributed by atoms with Gasteiger partial charge in [-0.05, 0) is 43.9 Å². The summed E-state index contributed by atoms with van der Waals surface area (Å²) in [6, 6.07) is 0. The highest BCUT2D eigenvalue weighted by molar-refractivity contribution is 5.03. The summed E-state index contributed by atoms with van der Waals surface area (Å²) >= 11 is 0. The van der Waals surface area contributed by atoms with E-state index in [0.29, 0.717) is 6.42 Å². The van der Waals surface area contributed by atoms with Crippen LogP contribution in [0.1, 0.15) is 47.5 Å². The molecule has 3 fully saturated rings. The van der Waals surface area contributed by atoms with Gasteiger partial charge >= 0.3 is 0 Å². The van der Waals surface area contributed by atoms with Gasteiger partial charge in [0.2, 0.25) is 0 Å². The fraction of sp³-hybridized carbons (Fsp3) is 0.920. The Morgan fingerprint density at radius 2 is 1.47 bits per heavy atom. The highest BCUT2D eigenvalue weighted by Gasteiger charge is 2.47. The standard InChI is InChI=1S/C25H44O11/c1-11-8-14(26)9-25(4,5)15(11)7-6-12(2)34-24-22(32)20(30)18(28)16(36-24)10-33-23-21(31)19(29)17(27)13(3)35-23/h6-7,11-24,26-32H,8-10H2,1-5H3/t11-,12-,13+,14+,15+,16-,17+,18-,19-,20+,21-,22-,23-,24-/m1/s1. The smallest absolute Gasteiger partial charge is 0.187 e. The molecule has 0 spiro atoms. The van der Waals surface area contributed by atoms with Gasteiger partial charge in [-0.1, -0.05) is 32.9 Å². The molecule has 1 saturated carbocycles. The van der Waals surface area contributed by atoms with Crippen LogP contribution in [0.15, 0.2) is 12.2 Å². The third-order valence-corrected chi connectivity index (χ3v) is 7.76. The van der Waals surface area contributed by atoms with Crippen LogP contribution < -0.4 is 0 Å². The first-order valence-electron chi connectivity index (χ1n) is 12.8. The topological polar surface area (TPSA) is 179 Å². The largest absolute Gasteiger partial charge is 0.393 e. The van der Waals surface area contributed by atoms with Gasteiger partial charge in [0.15, 0.2) is 12.6 Å². The predicted octanol–water partition coefficient (Wildman–Crippen LogP) is -0.967. The van der Waals surface area contributed by atoms with Crippen molar-refractivity contribution in [1.29, 1.82) is 0 Å². The lowest BCUT2D eigenvalue weighted by molar-refractivity contribution is -0.330. The molecule has 36 heavy (non-hydrogen) atoms. The lowest BCUT2D eigenvalue weighted by Crippen LogP contribution is -2.61. The minimum Gasteiger partial charge on any atom is -0.393 e. The Labute approximate surface area is 212 Å². The van der Waals surface area contributed by atoms with Crippen LogP contribution in [0.4, 0.5) is 0 Å². The summed E-state index contributed by atoms with van der Waals surface area (Å²) in [4.78, 5) is 0. The summed E-state index contributed by atoms with van der Waals surface area (Å²) < 4.78 is 22.4. The van der Waals surface area contributed by atoms with E-state index in [-0.39, 0.29) is 30.0 Å². The number of aliphatic hydroxyl groups is 7. The minimum absolute atomic E-state index is 0.0935. The van der Waals surface area contributed by atoms with Gasteiger partial charge in [-0.2, -0.15) is 0 Å². The van der Waals surface area contributed by atoms with E-state index >= 15 is 0 Å². The van der Waals surface area contributed by atoms with E-state index in [1.54, 1.807) is 6.92 Å². The second-order valence-corrected chi connectivity index (χ2v) is 11.3. The second-order valence-electron chi connectivity index (χ2n) is 11.3. The zero-order chi connectivity index (χ0) is 26.9. The zero-order valence-corrected chi connectivity index (χ0v) is 21.6. The molecule has 2 saturated heterocycles. The van der Waals surface area contributed by atoms with Crippen molar-refractivity contribution in [2.24, 2.45) is 17.3 Å². The lowest BCUT2D eigenvalue weighted by atomic mass is 9.63. The molecular formula is C25H44O11. The molecule has 210 valence electrons. The summed E-state index contributed by atoms with van der Waals surface area (Å²) in [6.45, 7) is 9.28. The number of aliphatic hydroxyl groups excluding tert-OH is 7. The van der Waals surface area contributed by atoms with Crippen molar-refractivity contribution in [2.75, 3.05) is 6.61 Å². The van der Waals surface area contributed by atoms with Gasteiger partial charge in [-0.15, -0.1) is 0 Å². The minimum atomic E-state index is -1.57. The molecule has 3 rings (SSSR count). The van der Waals surface area contributed by atoms with E-state index < -0.39 is 67.5 Å². The highest BCUT2D eigenvalue weighted by Crippen LogP contribution is 2.44. The first-order chi connectivity index (χ1) is 16.7. The van der Waals surface area contributed by atoms with Gasteiger partial charge in [0.25, 0.3) is 0 Å². The molecule has 2 aliphatic heterocycles. The van der Waals surface area contributed by atoms with Crippen molar-refractivity contribution in [2.45, 2.75) is 121 Å². The van der Waals surface area contributed by atoms with E-state index in [2.05, 4.69) is 26.8 Å². The molecule has 0 unspecified atom stereocenters. The van der Waals surface area contributed by atoms with E-state index in [9.17, 15) is 35.7 Å². The molecule has 0 amide bonds. The Morgan fingerprint density at radius 1 is 0.861 bits per heavy atom. The highest BCUT2D eigenvalue weighted by atomic mass is 16.7. The Balaban J connectivity index is 1.59. The van der Waals surface area contributed by atoms with Crippen molar-refractivity contribution in [3.05, 3.63) is 12.2 Å². The van der Waals surface area contributed by atoms with Crippen LogP contribution in [0.5, 0.6) is 0 Å². The van der Waals surface area contributed by atoms with Crippen LogP contribution in [-0.2, 0) is 18.9 Å². The molecule has 0 radical (unpaired) electrons. The Morgan fingerprint density at radius 3 is 2.11 bits per heavy atom. The van der Waals surface area contributed by atoms with Crippen molar-refractivity contribution < 1.29 is 54.7 Å². The van der Waals surface area contributed by atoms with Crippen molar-refractivity contribution in [3.63, 3.8) is 0 Å². The first-order valence-corrected chi connectivity index (χ1v) is 12.8. The van der Waals surface area contributed by atoms with Gasteiger partial charge in [-0.25, -0.2) is 0 Å². The summed E-state index contributed by atoms with van der Waals surface area (Å²) in [7, 11) is 0. The van der Waals surface area contributed by atoms with Gasteiger partial charge < -0.3 is 54.7 Å². The maximum atomic E-state index is 10.4. The van der Waals surface area contributed by atoms with E-state index in [1.807, 2.05) is 6.08 Å². The summed E-state index contributed by atoms with van der Waals surface area (Å²) in [5.74, 6) is 0.498. The number of hydrogen-bond acceptors (Lipinski definition) is 11. The number of ether oxygens (including phenoxy) is 4. The molecule has 2 heterocycles. The number of rotatable bonds is 7. The molecule has 7 N–H and O–H groups in total. The Hall–Kier alpha value is -0.700. The van der Waals surface area contributed by atoms with Gasteiger partial charge in [-0.3, -0.25) is 0 Å². The molecular weight excluding hydrogens is 476 g/mol. The van der Waals surface area contributed by atoms with Crippen molar-refractivity contribution in [1.82, 2.24) is 0 Å². The normalized spacial score (nSPS) is 48.7. The van der Waals surface area contributed by atoms with Gasteiger partial charge in [0, 0.05) is 0 Å². The third kappa shape index (κ3) is 6.65. The summed E-state index contributed by atoms with van der Waals surface area (Å²) in [5.41, 5.74) is -0.0935. The maximum absolute atomic E-state index is 10.4. The molecule has 11 nitrogen and oxygen atoms in total. The monoisotopic (exact) mass is 520 g/mol. The predicted molar refractivity (Wildman–Crippen MR) is 126 cm³/mol. The Bertz CT molecular complexity index is 733. The lowest BCUT2D eigenvalue weighted by Gasteiger charge is -2.44. The molecule has 3 aliphatic rings. The first kappa shape index (κ1) is 29.9. The molecule has 0 aromatic rings. The quantitative estimate of drug-likeness (QED) is 0.205. The van der Waals surface area contributed by atoms with Crippen LogP contribution in [0.2, 0.25) is 0 Å². The zero-order valence-electron chi connectivity index (χ0n) is 21.6. The van der Waals surface area contributed by atoms with Crippen molar-refractivity contribution in [3.8, 4) is 0 Å². The van der Waals surface area contributed by atoms with Crippen LogP contribution >= 0.6 is 0 Å². The van der Waals surface area contributed by atoms with E-state index in [1.165, 1.54) is 6.92 Å². The summed E-state index contributed by atoms with van der Waals surface area (Å²) in [5, 5.41) is 71.2. The average Bonchev–Trinajstić information content (AvgIpc) is 2.78. The number of hydrogen-bond donors (Lipinski definition) is 7. The third-order valence-electron chi connectivity index (χ3n) is 7.76. The van der Waals surface area contributed by atoms with Gasteiger partial charge in [0.05, 0.1) is 24.9 Å². The average molecular weight is 521 g/mol. The molecule has 11 heteroatoms. The maximum Gasteiger partial charge on any atom is 0.187 e. The summed E-state index contributed by atoms with van der Waals surface area (Å²) in [6.07, 6.45) is -8.84. The molecule has 14 atom stereocenters. The van der Waals surface area contributed by atoms with Crippen molar-refractivity contribution >= 4 is 0 Å². The van der Waals surface area contributed by atoms with Crippen LogP contribution in [0.25, 0.3) is 0 Å². The Kier molecular flexibility index (Phi) is 9.95. The molecule has 1 aliphatic carbocycles. The van der Waals surface area contributed by atoms with Crippen LogP contribution in [-0.4, -0.2) is 116 Å². The SMILES string of the molecule is C[C@H](C=C[C@H]1[C@H](C)C[C@H](O)CC1(C)C)O[C@@H]1O[C@H](CO[C@@H]2O[C@@H](C)[C@H](O)[C@@H](O)[C@H]2O)[C@@H](O)[C@H](O)[C@H]1O. The van der Waals surface area contributed by atoms with E-state index in [4.69, 9.17) is 18.9 Å². The van der Waals surface area contributed by atoms with Crippen LogP contribution in [0, 0.1) is 17.3 Å². The second kappa shape index (κ2) is 12.0. The molecule has 0 bridgehead atoms. The van der Waals surface area contributed by atoms with E-state index in [0.717, 1.165) is 6.42 Å². The molecule has 0 aromatic carbocycles. The number of allylic oxidation sites excluding steroid dienone is 1. The fourth-order valence-corrected chi connectivity index (χ4v) is 5.66. The van der Waals surface area contributed by atoms with Crippen LogP contribution in [0.3, 0.4) is 0 Å². The van der Waals surface area contributed by atoms with Gasteiger partial charge in [0.1, 0.15) is 42.7 Å².